The fourth-order valence-corrected chi connectivity index (χ4v) is 1.86. The van der Waals surface area contributed by atoms with Gasteiger partial charge in [-0.25, -0.2) is 0 Å². The summed E-state index contributed by atoms with van der Waals surface area (Å²) in [7, 11) is 0. The summed E-state index contributed by atoms with van der Waals surface area (Å²) in [4.78, 5) is 5.28. The van der Waals surface area contributed by atoms with Crippen molar-refractivity contribution in [1.29, 1.82) is 5.26 Å². The van der Waals surface area contributed by atoms with Gasteiger partial charge in [0.2, 0.25) is 0 Å². The van der Waals surface area contributed by atoms with E-state index in [-0.39, 0.29) is 0 Å². The van der Waals surface area contributed by atoms with E-state index in [1.807, 2.05) is 30.3 Å². The van der Waals surface area contributed by atoms with E-state index in [9.17, 15) is 0 Å². The molecule has 2 rings (SSSR count). The summed E-state index contributed by atoms with van der Waals surface area (Å²) in [6, 6.07) is 17.5. The maximum atomic E-state index is 8.71. The van der Waals surface area contributed by atoms with Gasteiger partial charge in [-0.3, -0.25) is 0 Å². The van der Waals surface area contributed by atoms with Gasteiger partial charge in [0, 0.05) is 0 Å². The third kappa shape index (κ3) is 3.69. The fourth-order valence-electron chi connectivity index (χ4n) is 1.86. The monoisotopic (exact) mass is 264 g/mol. The molecule has 0 aliphatic rings. The quantitative estimate of drug-likeness (QED) is 0.611. The lowest BCUT2D eigenvalue weighted by atomic mass is 10.1. The molecule has 0 spiro atoms. The molecule has 20 heavy (non-hydrogen) atoms. The van der Waals surface area contributed by atoms with Crippen LogP contribution < -0.4 is 0 Å². The van der Waals surface area contributed by atoms with Crippen molar-refractivity contribution in [3.8, 4) is 6.07 Å². The predicted octanol–water partition coefficient (Wildman–Crippen LogP) is 3.67. The Morgan fingerprint density at radius 2 is 1.90 bits per heavy atom. The molecule has 0 aliphatic carbocycles. The van der Waals surface area contributed by atoms with Crippen LogP contribution in [-0.2, 0) is 17.9 Å². The second-order valence-corrected chi connectivity index (χ2v) is 4.37. The second-order valence-electron chi connectivity index (χ2n) is 4.37. The molecule has 2 aromatic carbocycles. The van der Waals surface area contributed by atoms with Crippen molar-refractivity contribution in [2.24, 2.45) is 5.16 Å². The average molecular weight is 264 g/mol. The first-order chi connectivity index (χ1) is 9.83. The van der Waals surface area contributed by atoms with Crippen molar-refractivity contribution >= 4 is 6.21 Å². The largest absolute Gasteiger partial charge is 0.391 e. The van der Waals surface area contributed by atoms with E-state index in [4.69, 9.17) is 10.1 Å². The Morgan fingerprint density at radius 1 is 1.15 bits per heavy atom. The third-order valence-electron chi connectivity index (χ3n) is 3.02. The molecule has 0 amide bonds. The summed E-state index contributed by atoms with van der Waals surface area (Å²) >= 11 is 0. The summed E-state index contributed by atoms with van der Waals surface area (Å²) in [6.45, 7) is 2.51. The van der Waals surface area contributed by atoms with Crippen molar-refractivity contribution in [3.05, 3.63) is 70.8 Å². The first-order valence-electron chi connectivity index (χ1n) is 6.55. The number of aryl methyl sites for hydroxylation is 1. The Hall–Kier alpha value is -2.60. The highest BCUT2D eigenvalue weighted by molar-refractivity contribution is 5.81. The highest BCUT2D eigenvalue weighted by Crippen LogP contribution is 2.08. The van der Waals surface area contributed by atoms with Gasteiger partial charge in [0.1, 0.15) is 6.61 Å². The zero-order valence-electron chi connectivity index (χ0n) is 11.4. The van der Waals surface area contributed by atoms with Crippen molar-refractivity contribution in [2.75, 3.05) is 0 Å². The highest BCUT2D eigenvalue weighted by atomic mass is 16.6. The first-order valence-corrected chi connectivity index (χ1v) is 6.55. The number of oxime groups is 1. The van der Waals surface area contributed by atoms with Crippen LogP contribution in [0.2, 0.25) is 0 Å². The Morgan fingerprint density at radius 3 is 2.60 bits per heavy atom. The van der Waals surface area contributed by atoms with Crippen LogP contribution in [0.4, 0.5) is 0 Å². The molecular formula is C17H16N2O. The number of hydrogen-bond acceptors (Lipinski definition) is 3. The van der Waals surface area contributed by atoms with Gasteiger partial charge in [0.25, 0.3) is 0 Å². The Labute approximate surface area is 119 Å². The molecule has 0 atom stereocenters. The van der Waals surface area contributed by atoms with Crippen LogP contribution in [0.1, 0.15) is 29.2 Å². The van der Waals surface area contributed by atoms with Crippen LogP contribution in [0.15, 0.2) is 53.7 Å². The molecule has 0 aromatic heterocycles. The van der Waals surface area contributed by atoms with E-state index in [2.05, 4.69) is 24.2 Å². The lowest BCUT2D eigenvalue weighted by molar-refractivity contribution is 0.132. The number of nitriles is 1. The molecule has 2 aromatic rings. The second kappa shape index (κ2) is 7.10. The zero-order valence-corrected chi connectivity index (χ0v) is 11.4. The van der Waals surface area contributed by atoms with E-state index in [0.717, 1.165) is 17.5 Å². The number of hydrogen-bond donors (Lipinski definition) is 0. The molecule has 0 saturated heterocycles. The molecule has 0 heterocycles. The van der Waals surface area contributed by atoms with Crippen molar-refractivity contribution in [1.82, 2.24) is 0 Å². The topological polar surface area (TPSA) is 45.4 Å². The molecule has 3 nitrogen and oxygen atoms in total. The molecule has 0 aliphatic heterocycles. The standard InChI is InChI=1S/C17H16N2O/c1-2-16-5-3-4-6-17(16)12-19-20-13-15-9-7-14(11-18)8-10-15/h3-10,12H,2,13H2,1H3. The van der Waals surface area contributed by atoms with Crippen LogP contribution in [0, 0.1) is 11.3 Å². The SMILES string of the molecule is CCc1ccccc1C=NOCc1ccc(C#N)cc1. The van der Waals surface area contributed by atoms with Gasteiger partial charge in [0.05, 0.1) is 17.8 Å². The summed E-state index contributed by atoms with van der Waals surface area (Å²) in [5.74, 6) is 0. The Kier molecular flexibility index (Phi) is 4.91. The van der Waals surface area contributed by atoms with Gasteiger partial charge in [-0.05, 0) is 35.2 Å². The predicted molar refractivity (Wildman–Crippen MR) is 79.4 cm³/mol. The van der Waals surface area contributed by atoms with E-state index in [1.165, 1.54) is 5.56 Å². The minimum absolute atomic E-state index is 0.399. The smallest absolute Gasteiger partial charge is 0.142 e. The normalized spacial score (nSPS) is 10.4. The van der Waals surface area contributed by atoms with Crippen LogP contribution in [0.5, 0.6) is 0 Å². The molecule has 0 bridgehead atoms. The summed E-state index contributed by atoms with van der Waals surface area (Å²) in [5.41, 5.74) is 3.96. The molecule has 100 valence electrons. The Bertz CT molecular complexity index is 624. The van der Waals surface area contributed by atoms with Crippen LogP contribution >= 0.6 is 0 Å². The fraction of sp³-hybridized carbons (Fsp3) is 0.176. The van der Waals surface area contributed by atoms with Crippen LogP contribution in [0.3, 0.4) is 0 Å². The number of nitrogens with zero attached hydrogens (tertiary/aromatic N) is 2. The van der Waals surface area contributed by atoms with E-state index >= 15 is 0 Å². The third-order valence-corrected chi connectivity index (χ3v) is 3.02. The van der Waals surface area contributed by atoms with E-state index < -0.39 is 0 Å². The maximum absolute atomic E-state index is 8.71. The lowest BCUT2D eigenvalue weighted by Gasteiger charge is -2.02. The molecule has 0 N–H and O–H groups in total. The lowest BCUT2D eigenvalue weighted by Crippen LogP contribution is -1.92. The minimum Gasteiger partial charge on any atom is -0.391 e. The number of rotatable bonds is 5. The van der Waals surface area contributed by atoms with Crippen molar-refractivity contribution < 1.29 is 4.84 Å². The zero-order chi connectivity index (χ0) is 14.2. The molecule has 0 radical (unpaired) electrons. The molecule has 0 fully saturated rings. The summed E-state index contributed by atoms with van der Waals surface area (Å²) in [6.07, 6.45) is 2.71. The van der Waals surface area contributed by atoms with E-state index in [1.54, 1.807) is 18.3 Å². The Balaban J connectivity index is 1.92. The van der Waals surface area contributed by atoms with Crippen molar-refractivity contribution in [2.45, 2.75) is 20.0 Å². The maximum Gasteiger partial charge on any atom is 0.142 e. The van der Waals surface area contributed by atoms with Crippen molar-refractivity contribution in [3.63, 3.8) is 0 Å². The van der Waals surface area contributed by atoms with Gasteiger partial charge in [-0.2, -0.15) is 5.26 Å². The first kappa shape index (κ1) is 13.8. The van der Waals surface area contributed by atoms with Gasteiger partial charge in [0.15, 0.2) is 0 Å². The van der Waals surface area contributed by atoms with Gasteiger partial charge < -0.3 is 4.84 Å². The van der Waals surface area contributed by atoms with Gasteiger partial charge in [-0.1, -0.05) is 48.5 Å². The molecule has 0 unspecified atom stereocenters. The van der Waals surface area contributed by atoms with E-state index in [0.29, 0.717) is 12.2 Å². The highest BCUT2D eigenvalue weighted by Gasteiger charge is 1.96. The minimum atomic E-state index is 0.399. The average Bonchev–Trinajstić information content (AvgIpc) is 2.52. The van der Waals surface area contributed by atoms with Gasteiger partial charge >= 0.3 is 0 Å². The molecule has 0 saturated carbocycles. The van der Waals surface area contributed by atoms with Crippen LogP contribution in [0.25, 0.3) is 0 Å². The molecular weight excluding hydrogens is 248 g/mol. The van der Waals surface area contributed by atoms with Crippen LogP contribution in [-0.4, -0.2) is 6.21 Å². The van der Waals surface area contributed by atoms with Gasteiger partial charge in [-0.15, -0.1) is 0 Å². The molecule has 3 heteroatoms. The summed E-state index contributed by atoms with van der Waals surface area (Å²) in [5, 5.41) is 12.7. The number of benzene rings is 2. The summed E-state index contributed by atoms with van der Waals surface area (Å²) < 4.78 is 0.